The van der Waals surface area contributed by atoms with Crippen LogP contribution in [0.25, 0.3) is 0 Å². The predicted octanol–water partition coefficient (Wildman–Crippen LogP) is 1.81. The predicted molar refractivity (Wildman–Crippen MR) is 70.8 cm³/mol. The number of hydrogen-bond acceptors (Lipinski definition) is 3. The van der Waals surface area contributed by atoms with E-state index < -0.39 is 0 Å². The Morgan fingerprint density at radius 1 is 0.938 bits per heavy atom. The maximum absolute atomic E-state index is 9.57. The first-order chi connectivity index (χ1) is 7.56. The Balaban J connectivity index is 3.87. The summed E-state index contributed by atoms with van der Waals surface area (Å²) in [6.45, 7) is 16.1. The molecule has 0 aliphatic rings. The Labute approximate surface area is 101 Å². The van der Waals surface area contributed by atoms with E-state index in [1.807, 2.05) is 6.92 Å². The maximum Gasteiger partial charge on any atom is 0.0664 e. The Kier molecular flexibility index (Phi) is 8.90. The van der Waals surface area contributed by atoms with Crippen molar-refractivity contribution < 1.29 is 5.11 Å². The lowest BCUT2D eigenvalue weighted by Gasteiger charge is -2.30. The van der Waals surface area contributed by atoms with Gasteiger partial charge in [0.05, 0.1) is 6.10 Å². The molecule has 0 rings (SSSR count). The van der Waals surface area contributed by atoms with Crippen LogP contribution in [-0.2, 0) is 0 Å². The molecule has 16 heavy (non-hydrogen) atoms. The van der Waals surface area contributed by atoms with Crippen molar-refractivity contribution in [2.75, 3.05) is 32.7 Å². The van der Waals surface area contributed by atoms with Gasteiger partial charge in [-0.3, -0.25) is 4.90 Å². The van der Waals surface area contributed by atoms with Crippen molar-refractivity contribution in [3.05, 3.63) is 0 Å². The summed E-state index contributed by atoms with van der Waals surface area (Å²) in [6.07, 6.45) is 0.945. The molecule has 0 aromatic carbocycles. The zero-order valence-corrected chi connectivity index (χ0v) is 11.7. The summed E-state index contributed by atoms with van der Waals surface area (Å²) in [5.41, 5.74) is 0. The molecule has 0 aliphatic heterocycles. The number of aliphatic hydroxyl groups is 1. The zero-order chi connectivity index (χ0) is 12.6. The Morgan fingerprint density at radius 3 is 1.88 bits per heavy atom. The highest BCUT2D eigenvalue weighted by Gasteiger charge is 2.16. The summed E-state index contributed by atoms with van der Waals surface area (Å²) in [6, 6.07) is 0.265. The molecule has 3 heteroatoms. The highest BCUT2D eigenvalue weighted by Crippen LogP contribution is 2.05. The van der Waals surface area contributed by atoms with Crippen LogP contribution in [0, 0.1) is 0 Å². The second-order valence-corrected chi connectivity index (χ2v) is 4.49. The van der Waals surface area contributed by atoms with Crippen molar-refractivity contribution in [1.29, 1.82) is 0 Å². The normalized spacial score (nSPS) is 15.8. The maximum atomic E-state index is 9.57. The zero-order valence-electron chi connectivity index (χ0n) is 11.7. The first-order valence-corrected chi connectivity index (χ1v) is 6.71. The molecule has 0 radical (unpaired) electrons. The molecule has 0 aromatic rings. The van der Waals surface area contributed by atoms with Crippen LogP contribution >= 0.6 is 0 Å². The molecule has 2 unspecified atom stereocenters. The minimum atomic E-state index is -0.242. The van der Waals surface area contributed by atoms with E-state index in [2.05, 4.69) is 37.5 Å². The molecule has 98 valence electrons. The van der Waals surface area contributed by atoms with Crippen molar-refractivity contribution in [3.8, 4) is 0 Å². The fraction of sp³-hybridized carbons (Fsp3) is 1.00. The number of aliphatic hydroxyl groups excluding tert-OH is 1. The molecule has 3 nitrogen and oxygen atoms in total. The fourth-order valence-corrected chi connectivity index (χ4v) is 1.99. The quantitative estimate of drug-likeness (QED) is 0.654. The van der Waals surface area contributed by atoms with Crippen LogP contribution in [0.5, 0.6) is 0 Å². The number of nitrogens with zero attached hydrogens (tertiary/aromatic N) is 2. The summed E-state index contributed by atoms with van der Waals surface area (Å²) >= 11 is 0. The van der Waals surface area contributed by atoms with E-state index in [1.54, 1.807) is 0 Å². The topological polar surface area (TPSA) is 26.7 Å². The second-order valence-electron chi connectivity index (χ2n) is 4.49. The lowest BCUT2D eigenvalue weighted by molar-refractivity contribution is 0.0712. The minimum absolute atomic E-state index is 0.242. The molecule has 0 spiro atoms. The molecule has 0 aliphatic carbocycles. The molecule has 0 aromatic heterocycles. The van der Waals surface area contributed by atoms with E-state index in [-0.39, 0.29) is 12.1 Å². The average molecular weight is 230 g/mol. The summed E-state index contributed by atoms with van der Waals surface area (Å²) in [4.78, 5) is 4.80. The molecule has 0 heterocycles. The van der Waals surface area contributed by atoms with Gasteiger partial charge < -0.3 is 10.0 Å². The van der Waals surface area contributed by atoms with E-state index in [0.717, 1.165) is 32.7 Å². The first kappa shape index (κ1) is 15.9. The van der Waals surface area contributed by atoms with Crippen molar-refractivity contribution >= 4 is 0 Å². The van der Waals surface area contributed by atoms with Gasteiger partial charge >= 0.3 is 0 Å². The first-order valence-electron chi connectivity index (χ1n) is 6.71. The fourth-order valence-electron chi connectivity index (χ4n) is 1.99. The number of likely N-dealkylation sites (N-methyl/N-ethyl adjacent to an activating group) is 1. The molecule has 2 atom stereocenters. The van der Waals surface area contributed by atoms with E-state index in [4.69, 9.17) is 0 Å². The molecule has 0 bridgehead atoms. The smallest absolute Gasteiger partial charge is 0.0664 e. The SMILES string of the molecule is CCN(CC)CCCN(CC)C(C)C(C)O. The van der Waals surface area contributed by atoms with E-state index in [1.165, 1.54) is 6.42 Å². The van der Waals surface area contributed by atoms with Crippen molar-refractivity contribution in [1.82, 2.24) is 9.80 Å². The Morgan fingerprint density at radius 2 is 1.50 bits per heavy atom. The van der Waals surface area contributed by atoms with Crippen molar-refractivity contribution in [2.45, 2.75) is 53.2 Å². The Bertz CT molecular complexity index is 158. The van der Waals surface area contributed by atoms with Crippen LogP contribution in [-0.4, -0.2) is 59.8 Å². The molecular weight excluding hydrogens is 200 g/mol. The molecular formula is C13H30N2O. The molecule has 0 saturated heterocycles. The highest BCUT2D eigenvalue weighted by molar-refractivity contribution is 4.71. The Hall–Kier alpha value is -0.120. The van der Waals surface area contributed by atoms with E-state index >= 15 is 0 Å². The van der Waals surface area contributed by atoms with Gasteiger partial charge in [-0.15, -0.1) is 0 Å². The van der Waals surface area contributed by atoms with Crippen LogP contribution in [0.3, 0.4) is 0 Å². The lowest BCUT2D eigenvalue weighted by Crippen LogP contribution is -2.41. The summed E-state index contributed by atoms with van der Waals surface area (Å²) < 4.78 is 0. The average Bonchev–Trinajstić information content (AvgIpc) is 2.28. The standard InChI is InChI=1S/C13H30N2O/c1-6-14(7-2)10-9-11-15(8-3)12(4)13(5)16/h12-13,16H,6-11H2,1-5H3. The van der Waals surface area contributed by atoms with Crippen LogP contribution < -0.4 is 0 Å². The van der Waals surface area contributed by atoms with Gasteiger partial charge in [0, 0.05) is 6.04 Å². The lowest BCUT2D eigenvalue weighted by atomic mass is 10.1. The minimum Gasteiger partial charge on any atom is -0.392 e. The third kappa shape index (κ3) is 5.83. The van der Waals surface area contributed by atoms with Crippen molar-refractivity contribution in [3.63, 3.8) is 0 Å². The summed E-state index contributed by atoms with van der Waals surface area (Å²) in [5.74, 6) is 0. The molecule has 0 saturated carbocycles. The molecule has 0 fully saturated rings. The number of rotatable bonds is 9. The van der Waals surface area contributed by atoms with Crippen LogP contribution in [0.1, 0.15) is 41.0 Å². The van der Waals surface area contributed by atoms with Gasteiger partial charge in [-0.25, -0.2) is 0 Å². The van der Waals surface area contributed by atoms with Gasteiger partial charge in [-0.05, 0) is 53.0 Å². The molecule has 1 N–H and O–H groups in total. The van der Waals surface area contributed by atoms with Gasteiger partial charge in [0.15, 0.2) is 0 Å². The second kappa shape index (κ2) is 8.97. The summed E-state index contributed by atoms with van der Waals surface area (Å²) in [5, 5.41) is 9.57. The monoisotopic (exact) mass is 230 g/mol. The van der Waals surface area contributed by atoms with Gasteiger partial charge in [-0.1, -0.05) is 20.8 Å². The third-order valence-corrected chi connectivity index (χ3v) is 3.49. The van der Waals surface area contributed by atoms with Gasteiger partial charge in [0.25, 0.3) is 0 Å². The van der Waals surface area contributed by atoms with Crippen LogP contribution in [0.2, 0.25) is 0 Å². The highest BCUT2D eigenvalue weighted by atomic mass is 16.3. The van der Waals surface area contributed by atoms with E-state index in [9.17, 15) is 5.11 Å². The third-order valence-electron chi connectivity index (χ3n) is 3.49. The number of hydrogen-bond donors (Lipinski definition) is 1. The summed E-state index contributed by atoms with van der Waals surface area (Å²) in [7, 11) is 0. The van der Waals surface area contributed by atoms with Gasteiger partial charge in [-0.2, -0.15) is 0 Å². The van der Waals surface area contributed by atoms with Gasteiger partial charge in [0.2, 0.25) is 0 Å². The largest absolute Gasteiger partial charge is 0.392 e. The molecule has 0 amide bonds. The van der Waals surface area contributed by atoms with Gasteiger partial charge in [0.1, 0.15) is 0 Å². The van der Waals surface area contributed by atoms with Crippen LogP contribution in [0.4, 0.5) is 0 Å². The van der Waals surface area contributed by atoms with E-state index in [0.29, 0.717) is 0 Å². The van der Waals surface area contributed by atoms with Crippen LogP contribution in [0.15, 0.2) is 0 Å². The van der Waals surface area contributed by atoms with Crippen molar-refractivity contribution in [2.24, 2.45) is 0 Å².